The van der Waals surface area contributed by atoms with Crippen LogP contribution in [0, 0.1) is 0 Å². The molecule has 0 aliphatic carbocycles. The number of furan rings is 1. The van der Waals surface area contributed by atoms with Crippen LogP contribution in [0.1, 0.15) is 0 Å². The molecule has 24 heavy (non-hydrogen) atoms. The Morgan fingerprint density at radius 1 is 1.00 bits per heavy atom. The molecule has 0 saturated heterocycles. The standard InChI is InChI=1S/C18H14ClNO4/c19-11-18(21)20(13-1-3-15-12(9-13)5-6-22-15)14-2-4-16-17(10-14)24-8-7-23-16/h1-6,9-10H,7-8,11H2. The number of nitrogens with zero attached hydrogens (tertiary/aromatic N) is 1. The lowest BCUT2D eigenvalue weighted by Gasteiger charge is -2.25. The first kappa shape index (κ1) is 14.9. The van der Waals surface area contributed by atoms with E-state index >= 15 is 0 Å². The fraction of sp³-hybridized carbons (Fsp3) is 0.167. The number of carbonyl (C=O) groups is 1. The molecule has 3 aromatic rings. The lowest BCUT2D eigenvalue weighted by Crippen LogP contribution is -2.27. The van der Waals surface area contributed by atoms with Crippen molar-refractivity contribution in [1.82, 2.24) is 0 Å². The predicted molar refractivity (Wildman–Crippen MR) is 91.5 cm³/mol. The number of rotatable bonds is 3. The first-order valence-corrected chi connectivity index (χ1v) is 8.05. The van der Waals surface area contributed by atoms with Crippen molar-refractivity contribution in [2.75, 3.05) is 24.0 Å². The van der Waals surface area contributed by atoms with Crippen molar-refractivity contribution in [3.05, 3.63) is 48.7 Å². The van der Waals surface area contributed by atoms with Crippen LogP contribution in [-0.4, -0.2) is 25.0 Å². The molecule has 2 aromatic carbocycles. The highest BCUT2D eigenvalue weighted by Gasteiger charge is 2.21. The van der Waals surface area contributed by atoms with E-state index in [0.29, 0.717) is 36.1 Å². The smallest absolute Gasteiger partial charge is 0.246 e. The lowest BCUT2D eigenvalue weighted by atomic mass is 10.2. The van der Waals surface area contributed by atoms with Crippen LogP contribution < -0.4 is 14.4 Å². The van der Waals surface area contributed by atoms with Crippen molar-refractivity contribution in [1.29, 1.82) is 0 Å². The summed E-state index contributed by atoms with van der Waals surface area (Å²) in [7, 11) is 0. The number of anilines is 2. The molecule has 0 fully saturated rings. The number of halogens is 1. The summed E-state index contributed by atoms with van der Waals surface area (Å²) in [5.74, 6) is 0.943. The van der Waals surface area contributed by atoms with E-state index in [-0.39, 0.29) is 11.8 Å². The molecule has 0 radical (unpaired) electrons. The Hall–Kier alpha value is -2.66. The maximum Gasteiger partial charge on any atom is 0.246 e. The molecular formula is C18H14ClNO4. The second kappa shape index (κ2) is 6.09. The van der Waals surface area contributed by atoms with Gasteiger partial charge in [0.1, 0.15) is 24.7 Å². The fourth-order valence-corrected chi connectivity index (χ4v) is 2.88. The van der Waals surface area contributed by atoms with Gasteiger partial charge in [0, 0.05) is 17.1 Å². The SMILES string of the molecule is O=C(CCl)N(c1ccc2c(c1)OCCO2)c1ccc2occc2c1. The molecule has 1 aromatic heterocycles. The van der Waals surface area contributed by atoms with Crippen LogP contribution in [0.25, 0.3) is 11.0 Å². The number of ether oxygens (including phenoxy) is 2. The fourth-order valence-electron chi connectivity index (χ4n) is 2.76. The van der Waals surface area contributed by atoms with Gasteiger partial charge >= 0.3 is 0 Å². The Labute approximate surface area is 143 Å². The number of carbonyl (C=O) groups excluding carboxylic acids is 1. The van der Waals surface area contributed by atoms with Gasteiger partial charge in [0.25, 0.3) is 0 Å². The van der Waals surface area contributed by atoms with Crippen molar-refractivity contribution < 1.29 is 18.7 Å². The van der Waals surface area contributed by atoms with E-state index in [1.165, 1.54) is 0 Å². The molecule has 1 aliphatic rings. The van der Waals surface area contributed by atoms with E-state index in [1.807, 2.05) is 30.3 Å². The van der Waals surface area contributed by atoms with Gasteiger partial charge in [-0.05, 0) is 36.4 Å². The van der Waals surface area contributed by atoms with Crippen LogP contribution in [0.4, 0.5) is 11.4 Å². The monoisotopic (exact) mass is 343 g/mol. The van der Waals surface area contributed by atoms with Crippen LogP contribution in [0.5, 0.6) is 11.5 Å². The Morgan fingerprint density at radius 2 is 1.75 bits per heavy atom. The maximum absolute atomic E-state index is 12.5. The predicted octanol–water partition coefficient (Wildman–Crippen LogP) is 4.11. The van der Waals surface area contributed by atoms with Gasteiger partial charge in [-0.1, -0.05) is 0 Å². The van der Waals surface area contributed by atoms with E-state index in [2.05, 4.69) is 0 Å². The van der Waals surface area contributed by atoms with Gasteiger partial charge in [0.2, 0.25) is 5.91 Å². The quantitative estimate of drug-likeness (QED) is 0.672. The third-order valence-corrected chi connectivity index (χ3v) is 4.07. The minimum absolute atomic E-state index is 0.127. The number of fused-ring (bicyclic) bond motifs is 2. The topological polar surface area (TPSA) is 51.9 Å². The molecular weight excluding hydrogens is 330 g/mol. The summed E-state index contributed by atoms with van der Waals surface area (Å²) in [6.07, 6.45) is 1.62. The van der Waals surface area contributed by atoms with Crippen molar-refractivity contribution in [3.8, 4) is 11.5 Å². The zero-order chi connectivity index (χ0) is 16.5. The van der Waals surface area contributed by atoms with E-state index in [0.717, 1.165) is 11.0 Å². The number of hydrogen-bond donors (Lipinski definition) is 0. The van der Waals surface area contributed by atoms with E-state index in [1.54, 1.807) is 23.3 Å². The van der Waals surface area contributed by atoms with Crippen LogP contribution in [0.3, 0.4) is 0 Å². The molecule has 0 atom stereocenters. The molecule has 122 valence electrons. The molecule has 2 heterocycles. The molecule has 0 unspecified atom stereocenters. The molecule has 4 rings (SSSR count). The van der Waals surface area contributed by atoms with E-state index in [4.69, 9.17) is 25.5 Å². The molecule has 0 bridgehead atoms. The Balaban J connectivity index is 1.80. The van der Waals surface area contributed by atoms with Crippen LogP contribution in [0.15, 0.2) is 53.1 Å². The lowest BCUT2D eigenvalue weighted by molar-refractivity contribution is -0.115. The Kier molecular flexibility index (Phi) is 3.78. The molecule has 1 aliphatic heterocycles. The third kappa shape index (κ3) is 2.57. The van der Waals surface area contributed by atoms with Gasteiger partial charge < -0.3 is 13.9 Å². The van der Waals surface area contributed by atoms with E-state index in [9.17, 15) is 4.79 Å². The average Bonchev–Trinajstić information content (AvgIpc) is 3.09. The summed E-state index contributed by atoms with van der Waals surface area (Å²) in [6.45, 7) is 1.01. The highest BCUT2D eigenvalue weighted by molar-refractivity contribution is 6.30. The van der Waals surface area contributed by atoms with Gasteiger partial charge in [-0.2, -0.15) is 0 Å². The largest absolute Gasteiger partial charge is 0.486 e. The van der Waals surface area contributed by atoms with Crippen molar-refractivity contribution in [2.45, 2.75) is 0 Å². The zero-order valence-electron chi connectivity index (χ0n) is 12.7. The second-order valence-corrected chi connectivity index (χ2v) is 5.60. The first-order valence-electron chi connectivity index (χ1n) is 7.52. The number of alkyl halides is 1. The summed E-state index contributed by atoms with van der Waals surface area (Å²) in [5, 5.41) is 0.914. The second-order valence-electron chi connectivity index (χ2n) is 5.33. The molecule has 1 amide bonds. The summed E-state index contributed by atoms with van der Waals surface area (Å²) in [6, 6.07) is 12.8. The first-order chi connectivity index (χ1) is 11.8. The number of amides is 1. The number of hydrogen-bond acceptors (Lipinski definition) is 4. The minimum Gasteiger partial charge on any atom is -0.486 e. The molecule has 0 spiro atoms. The van der Waals surface area contributed by atoms with Gasteiger partial charge in [-0.3, -0.25) is 9.69 Å². The summed E-state index contributed by atoms with van der Waals surface area (Å²) >= 11 is 5.82. The van der Waals surface area contributed by atoms with Crippen LogP contribution >= 0.6 is 11.6 Å². The zero-order valence-corrected chi connectivity index (χ0v) is 13.5. The third-order valence-electron chi connectivity index (χ3n) is 3.84. The summed E-state index contributed by atoms with van der Waals surface area (Å²) < 4.78 is 16.5. The van der Waals surface area contributed by atoms with Crippen LogP contribution in [-0.2, 0) is 4.79 Å². The Bertz CT molecular complexity index is 905. The van der Waals surface area contributed by atoms with Crippen molar-refractivity contribution in [2.24, 2.45) is 0 Å². The van der Waals surface area contributed by atoms with Gasteiger partial charge in [-0.15, -0.1) is 11.6 Å². The summed E-state index contributed by atoms with van der Waals surface area (Å²) in [4.78, 5) is 14.0. The maximum atomic E-state index is 12.5. The minimum atomic E-state index is -0.226. The Morgan fingerprint density at radius 3 is 2.58 bits per heavy atom. The van der Waals surface area contributed by atoms with E-state index < -0.39 is 0 Å². The molecule has 5 nitrogen and oxygen atoms in total. The van der Waals surface area contributed by atoms with Crippen molar-refractivity contribution >= 4 is 39.9 Å². The molecule has 6 heteroatoms. The average molecular weight is 344 g/mol. The number of benzene rings is 2. The van der Waals surface area contributed by atoms with Crippen molar-refractivity contribution in [3.63, 3.8) is 0 Å². The van der Waals surface area contributed by atoms with Gasteiger partial charge in [0.05, 0.1) is 12.0 Å². The van der Waals surface area contributed by atoms with Gasteiger partial charge in [0.15, 0.2) is 11.5 Å². The van der Waals surface area contributed by atoms with Gasteiger partial charge in [-0.25, -0.2) is 0 Å². The highest BCUT2D eigenvalue weighted by atomic mass is 35.5. The molecule has 0 N–H and O–H groups in total. The summed E-state index contributed by atoms with van der Waals surface area (Å²) in [5.41, 5.74) is 2.15. The normalized spacial score (nSPS) is 13.0. The highest BCUT2D eigenvalue weighted by Crippen LogP contribution is 2.37. The van der Waals surface area contributed by atoms with Crippen LogP contribution in [0.2, 0.25) is 0 Å². The molecule has 0 saturated carbocycles.